The molecule has 0 atom stereocenters. The summed E-state index contributed by atoms with van der Waals surface area (Å²) in [6.45, 7) is 2.59. The molecule has 0 fully saturated rings. The van der Waals surface area contributed by atoms with Gasteiger partial charge in [-0.2, -0.15) is 0 Å². The van der Waals surface area contributed by atoms with E-state index in [1.54, 1.807) is 6.07 Å². The molecule has 0 bridgehead atoms. The van der Waals surface area contributed by atoms with Crippen LogP contribution < -0.4 is 15.4 Å². The van der Waals surface area contributed by atoms with E-state index in [0.717, 1.165) is 0 Å². The molecule has 0 aliphatic carbocycles. The largest absolute Gasteiger partial charge is 0.573 e. The molecule has 19 heavy (non-hydrogen) atoms. The van der Waals surface area contributed by atoms with E-state index in [0.29, 0.717) is 6.54 Å². The molecule has 0 saturated carbocycles. The van der Waals surface area contributed by atoms with Gasteiger partial charge in [0.25, 0.3) is 0 Å². The maximum atomic E-state index is 12.2. The lowest BCUT2D eigenvalue weighted by atomic mass is 10.2. The first-order valence-corrected chi connectivity index (χ1v) is 5.73. The molecule has 1 rings (SSSR count). The van der Waals surface area contributed by atoms with Crippen molar-refractivity contribution >= 4 is 5.91 Å². The highest BCUT2D eigenvalue weighted by atomic mass is 19.4. The molecule has 0 saturated heterocycles. The highest BCUT2D eigenvalue weighted by Crippen LogP contribution is 2.25. The van der Waals surface area contributed by atoms with Crippen LogP contribution in [-0.4, -0.2) is 25.4 Å². The molecule has 0 aliphatic heterocycles. The second-order valence-corrected chi connectivity index (χ2v) is 3.71. The number of carbonyl (C=O) groups excluding carboxylic acids is 1. The zero-order chi connectivity index (χ0) is 14.3. The molecule has 1 aromatic carbocycles. The van der Waals surface area contributed by atoms with Crippen molar-refractivity contribution < 1.29 is 22.7 Å². The highest BCUT2D eigenvalue weighted by Gasteiger charge is 2.31. The molecule has 0 aromatic heterocycles. The first-order chi connectivity index (χ1) is 8.92. The minimum atomic E-state index is -4.75. The van der Waals surface area contributed by atoms with Crippen molar-refractivity contribution in [3.8, 4) is 5.75 Å². The number of nitrogens with one attached hydrogen (secondary N) is 2. The molecule has 1 aromatic rings. The second kappa shape index (κ2) is 6.98. The number of para-hydroxylation sites is 1. The summed E-state index contributed by atoms with van der Waals surface area (Å²) in [5.41, 5.74) is 0.268. The third-order valence-electron chi connectivity index (χ3n) is 2.21. The van der Waals surface area contributed by atoms with Gasteiger partial charge in [0.1, 0.15) is 5.75 Å². The number of amides is 1. The summed E-state index contributed by atoms with van der Waals surface area (Å²) in [6, 6.07) is 5.69. The molecule has 0 aliphatic rings. The average Bonchev–Trinajstić information content (AvgIpc) is 2.33. The van der Waals surface area contributed by atoms with Crippen LogP contribution in [0.2, 0.25) is 0 Å². The van der Waals surface area contributed by atoms with Gasteiger partial charge in [-0.15, -0.1) is 13.2 Å². The van der Waals surface area contributed by atoms with E-state index in [1.165, 1.54) is 18.2 Å². The Kier molecular flexibility index (Phi) is 5.62. The zero-order valence-electron chi connectivity index (χ0n) is 10.4. The van der Waals surface area contributed by atoms with Crippen molar-refractivity contribution in [2.24, 2.45) is 0 Å². The summed E-state index contributed by atoms with van der Waals surface area (Å²) >= 11 is 0. The Morgan fingerprint density at radius 2 is 2.00 bits per heavy atom. The maximum absolute atomic E-state index is 12.2. The number of hydrogen-bond donors (Lipinski definition) is 2. The fourth-order valence-electron chi connectivity index (χ4n) is 1.37. The topological polar surface area (TPSA) is 50.4 Å². The lowest BCUT2D eigenvalue weighted by Gasteiger charge is -2.13. The van der Waals surface area contributed by atoms with Gasteiger partial charge in [0.05, 0.1) is 6.54 Å². The van der Waals surface area contributed by atoms with Gasteiger partial charge in [0, 0.05) is 12.1 Å². The fourth-order valence-corrected chi connectivity index (χ4v) is 1.37. The van der Waals surface area contributed by atoms with Crippen molar-refractivity contribution in [2.75, 3.05) is 13.1 Å². The lowest BCUT2D eigenvalue weighted by Crippen LogP contribution is -2.33. The van der Waals surface area contributed by atoms with Crippen LogP contribution in [0.3, 0.4) is 0 Å². The van der Waals surface area contributed by atoms with E-state index in [-0.39, 0.29) is 30.3 Å². The lowest BCUT2D eigenvalue weighted by molar-refractivity contribution is -0.274. The Bertz CT molecular complexity index is 422. The highest BCUT2D eigenvalue weighted by molar-refractivity contribution is 5.78. The number of likely N-dealkylation sites (N-methyl/N-ethyl adjacent to an activating group) is 1. The first kappa shape index (κ1) is 15.3. The van der Waals surface area contributed by atoms with Crippen molar-refractivity contribution in [3.05, 3.63) is 29.8 Å². The third-order valence-corrected chi connectivity index (χ3v) is 2.21. The minimum absolute atomic E-state index is 0.0174. The summed E-state index contributed by atoms with van der Waals surface area (Å²) in [6.07, 6.45) is -4.75. The Morgan fingerprint density at radius 1 is 1.32 bits per heavy atom. The van der Waals surface area contributed by atoms with Crippen LogP contribution in [0.25, 0.3) is 0 Å². The van der Waals surface area contributed by atoms with Gasteiger partial charge in [-0.05, 0) is 12.6 Å². The van der Waals surface area contributed by atoms with Crippen molar-refractivity contribution in [2.45, 2.75) is 19.8 Å². The Hall–Kier alpha value is -1.76. The predicted molar refractivity (Wildman–Crippen MR) is 63.5 cm³/mol. The predicted octanol–water partition coefficient (Wildman–Crippen LogP) is 1.81. The van der Waals surface area contributed by atoms with Crippen LogP contribution in [0, 0.1) is 0 Å². The number of alkyl halides is 3. The first-order valence-electron chi connectivity index (χ1n) is 5.73. The minimum Gasteiger partial charge on any atom is -0.405 e. The maximum Gasteiger partial charge on any atom is 0.573 e. The summed E-state index contributed by atoms with van der Waals surface area (Å²) < 4.78 is 40.4. The van der Waals surface area contributed by atoms with Crippen molar-refractivity contribution in [1.82, 2.24) is 10.6 Å². The number of benzene rings is 1. The summed E-state index contributed by atoms with van der Waals surface area (Å²) in [5.74, 6) is -0.595. The van der Waals surface area contributed by atoms with Gasteiger partial charge in [-0.1, -0.05) is 25.1 Å². The molecule has 106 valence electrons. The third kappa shape index (κ3) is 6.10. The number of rotatable bonds is 6. The molecule has 2 N–H and O–H groups in total. The van der Waals surface area contributed by atoms with E-state index >= 15 is 0 Å². The van der Waals surface area contributed by atoms with Gasteiger partial charge < -0.3 is 15.4 Å². The van der Waals surface area contributed by atoms with E-state index in [1.807, 2.05) is 6.92 Å². The molecule has 7 heteroatoms. The van der Waals surface area contributed by atoms with Crippen LogP contribution in [0.1, 0.15) is 12.5 Å². The van der Waals surface area contributed by atoms with Gasteiger partial charge >= 0.3 is 6.36 Å². The number of ether oxygens (including phenoxy) is 1. The normalized spacial score (nSPS) is 11.2. The molecule has 1 amide bonds. The Balaban J connectivity index is 2.60. The van der Waals surface area contributed by atoms with Crippen LogP contribution in [-0.2, 0) is 11.3 Å². The van der Waals surface area contributed by atoms with E-state index in [2.05, 4.69) is 15.4 Å². The molecule has 0 heterocycles. The summed E-state index contributed by atoms with van der Waals surface area (Å²) in [4.78, 5) is 11.3. The molecule has 0 unspecified atom stereocenters. The van der Waals surface area contributed by atoms with Crippen LogP contribution in [0.4, 0.5) is 13.2 Å². The zero-order valence-corrected chi connectivity index (χ0v) is 10.4. The molecule has 0 spiro atoms. The average molecular weight is 276 g/mol. The van der Waals surface area contributed by atoms with E-state index in [4.69, 9.17) is 0 Å². The van der Waals surface area contributed by atoms with Crippen LogP contribution in [0.15, 0.2) is 24.3 Å². The quantitative estimate of drug-likeness (QED) is 0.833. The van der Waals surface area contributed by atoms with Gasteiger partial charge in [0.2, 0.25) is 5.91 Å². The Labute approximate surface area is 108 Å². The van der Waals surface area contributed by atoms with Crippen molar-refractivity contribution in [3.63, 3.8) is 0 Å². The summed E-state index contributed by atoms with van der Waals surface area (Å²) in [7, 11) is 0. The second-order valence-electron chi connectivity index (χ2n) is 3.71. The van der Waals surface area contributed by atoms with Crippen LogP contribution >= 0.6 is 0 Å². The standard InChI is InChI=1S/C12H15F3N2O2/c1-2-16-8-11(18)17-7-9-5-3-4-6-10(9)19-12(13,14)15/h3-6,16H,2,7-8H2,1H3,(H,17,18). The Morgan fingerprint density at radius 3 is 2.63 bits per heavy atom. The van der Waals surface area contributed by atoms with Gasteiger partial charge in [-0.3, -0.25) is 4.79 Å². The molecule has 4 nitrogen and oxygen atoms in total. The fraction of sp³-hybridized carbons (Fsp3) is 0.417. The van der Waals surface area contributed by atoms with Gasteiger partial charge in [-0.25, -0.2) is 0 Å². The van der Waals surface area contributed by atoms with E-state index in [9.17, 15) is 18.0 Å². The number of hydrogen-bond acceptors (Lipinski definition) is 3. The SMILES string of the molecule is CCNCC(=O)NCc1ccccc1OC(F)(F)F. The number of carbonyl (C=O) groups is 1. The monoisotopic (exact) mass is 276 g/mol. The van der Waals surface area contributed by atoms with Gasteiger partial charge in [0.15, 0.2) is 0 Å². The van der Waals surface area contributed by atoms with Crippen LogP contribution in [0.5, 0.6) is 5.75 Å². The molecule has 0 radical (unpaired) electrons. The van der Waals surface area contributed by atoms with Crippen molar-refractivity contribution in [1.29, 1.82) is 0 Å². The summed E-state index contributed by atoms with van der Waals surface area (Å²) in [5, 5.41) is 5.32. The molecular weight excluding hydrogens is 261 g/mol. The molecular formula is C12H15F3N2O2. The smallest absolute Gasteiger partial charge is 0.405 e. The van der Waals surface area contributed by atoms with E-state index < -0.39 is 6.36 Å². The number of halogens is 3.